The van der Waals surface area contributed by atoms with Gasteiger partial charge >= 0.3 is 0 Å². The smallest absolute Gasteiger partial charge is 0.174 e. The van der Waals surface area contributed by atoms with E-state index in [2.05, 4.69) is 14.7 Å². The van der Waals surface area contributed by atoms with Crippen LogP contribution >= 0.6 is 23.3 Å². The Labute approximate surface area is 113 Å². The first-order valence-corrected chi connectivity index (χ1v) is 7.36. The average molecular weight is 281 g/mol. The van der Waals surface area contributed by atoms with Crippen LogP contribution in [0, 0.1) is 5.82 Å². The molecule has 1 aromatic carbocycles. The van der Waals surface area contributed by atoms with E-state index in [0.29, 0.717) is 10.9 Å². The van der Waals surface area contributed by atoms with Crippen molar-refractivity contribution in [3.05, 3.63) is 35.9 Å². The second kappa shape index (κ2) is 5.34. The lowest BCUT2D eigenvalue weighted by atomic mass is 10.2. The highest BCUT2D eigenvalue weighted by Gasteiger charge is 2.20. The van der Waals surface area contributed by atoms with Gasteiger partial charge in [-0.05, 0) is 42.1 Å². The summed E-state index contributed by atoms with van der Waals surface area (Å²) in [6.07, 6.45) is 3.97. The summed E-state index contributed by atoms with van der Waals surface area (Å²) >= 11 is 2.59. The van der Waals surface area contributed by atoms with Crippen LogP contribution in [0.15, 0.2) is 33.8 Å². The highest BCUT2D eigenvalue weighted by atomic mass is 32.2. The molecule has 1 heterocycles. The molecule has 1 saturated carbocycles. The largest absolute Gasteiger partial charge is 0.310 e. The third kappa shape index (κ3) is 3.07. The van der Waals surface area contributed by atoms with Gasteiger partial charge in [0.05, 0.1) is 4.90 Å². The lowest BCUT2D eigenvalue weighted by Crippen LogP contribution is -2.15. The zero-order chi connectivity index (χ0) is 12.4. The van der Waals surface area contributed by atoms with Crippen molar-refractivity contribution in [3.8, 4) is 0 Å². The Morgan fingerprint density at radius 3 is 3.00 bits per heavy atom. The number of benzene rings is 1. The highest BCUT2D eigenvalue weighted by Crippen LogP contribution is 2.30. The Morgan fingerprint density at radius 2 is 2.33 bits per heavy atom. The van der Waals surface area contributed by atoms with Crippen LogP contribution in [-0.2, 0) is 6.54 Å². The number of hydrogen-bond acceptors (Lipinski definition) is 5. The molecule has 3 rings (SSSR count). The van der Waals surface area contributed by atoms with Crippen molar-refractivity contribution in [1.82, 2.24) is 14.7 Å². The van der Waals surface area contributed by atoms with Crippen molar-refractivity contribution in [2.45, 2.75) is 34.7 Å². The Morgan fingerprint density at radius 1 is 1.44 bits per heavy atom. The van der Waals surface area contributed by atoms with Gasteiger partial charge < -0.3 is 5.32 Å². The summed E-state index contributed by atoms with van der Waals surface area (Å²) in [6, 6.07) is 6.01. The summed E-state index contributed by atoms with van der Waals surface area (Å²) < 4.78 is 18.6. The minimum atomic E-state index is -0.190. The first-order valence-electron chi connectivity index (χ1n) is 5.77. The Kier molecular flexibility index (Phi) is 3.58. The van der Waals surface area contributed by atoms with Crippen LogP contribution in [0.4, 0.5) is 4.39 Å². The predicted molar refractivity (Wildman–Crippen MR) is 70.3 cm³/mol. The van der Waals surface area contributed by atoms with Gasteiger partial charge in [-0.25, -0.2) is 9.37 Å². The summed E-state index contributed by atoms with van der Waals surface area (Å²) in [6.45, 7) is 0.741. The van der Waals surface area contributed by atoms with Crippen molar-refractivity contribution in [2.24, 2.45) is 0 Å². The molecule has 0 bridgehead atoms. The molecule has 1 N–H and O–H groups in total. The molecule has 1 aliphatic carbocycles. The van der Waals surface area contributed by atoms with Gasteiger partial charge in [0.2, 0.25) is 0 Å². The van der Waals surface area contributed by atoms with Crippen LogP contribution in [0.2, 0.25) is 0 Å². The number of nitrogens with zero attached hydrogens (tertiary/aromatic N) is 2. The number of aromatic nitrogens is 2. The van der Waals surface area contributed by atoms with Gasteiger partial charge in [-0.1, -0.05) is 17.8 Å². The third-order valence-electron chi connectivity index (χ3n) is 2.71. The van der Waals surface area contributed by atoms with Crippen molar-refractivity contribution in [3.63, 3.8) is 0 Å². The van der Waals surface area contributed by atoms with E-state index in [9.17, 15) is 4.39 Å². The molecular formula is C12H12FN3S2. The molecule has 0 radical (unpaired) electrons. The standard InChI is InChI=1S/C12H12FN3S2/c13-10-5-8(6-14-9-2-3-9)1-4-11(10)17-12-15-7-16-18-12/h1,4-5,7,9,14H,2-3,6H2. The second-order valence-electron chi connectivity index (χ2n) is 4.23. The van der Waals surface area contributed by atoms with E-state index in [4.69, 9.17) is 0 Å². The average Bonchev–Trinajstić information content (AvgIpc) is 3.06. The molecule has 0 amide bonds. The molecule has 1 fully saturated rings. The van der Waals surface area contributed by atoms with Gasteiger partial charge in [-0.2, -0.15) is 4.37 Å². The van der Waals surface area contributed by atoms with Gasteiger partial charge in [0.25, 0.3) is 0 Å². The van der Waals surface area contributed by atoms with Gasteiger partial charge in [0, 0.05) is 12.6 Å². The van der Waals surface area contributed by atoms with E-state index in [-0.39, 0.29) is 5.82 Å². The number of halogens is 1. The fourth-order valence-electron chi connectivity index (χ4n) is 1.59. The maximum absolute atomic E-state index is 13.9. The zero-order valence-electron chi connectivity index (χ0n) is 9.60. The van der Waals surface area contributed by atoms with Crippen LogP contribution in [-0.4, -0.2) is 15.4 Å². The molecule has 0 saturated heterocycles. The summed E-state index contributed by atoms with van der Waals surface area (Å²) in [4.78, 5) is 4.63. The monoisotopic (exact) mass is 281 g/mol. The first-order chi connectivity index (χ1) is 8.81. The Balaban J connectivity index is 1.67. The molecule has 6 heteroatoms. The molecule has 18 heavy (non-hydrogen) atoms. The van der Waals surface area contributed by atoms with E-state index in [1.165, 1.54) is 42.5 Å². The van der Waals surface area contributed by atoms with E-state index in [0.717, 1.165) is 16.4 Å². The summed E-state index contributed by atoms with van der Waals surface area (Å²) in [5.41, 5.74) is 0.987. The van der Waals surface area contributed by atoms with E-state index < -0.39 is 0 Å². The predicted octanol–water partition coefficient (Wildman–Crippen LogP) is 3.08. The highest BCUT2D eigenvalue weighted by molar-refractivity contribution is 8.01. The maximum Gasteiger partial charge on any atom is 0.174 e. The molecule has 1 aliphatic rings. The minimum Gasteiger partial charge on any atom is -0.310 e. The van der Waals surface area contributed by atoms with Gasteiger partial charge in [0.15, 0.2) is 4.34 Å². The summed E-state index contributed by atoms with van der Waals surface area (Å²) in [7, 11) is 0. The van der Waals surface area contributed by atoms with Crippen LogP contribution in [0.3, 0.4) is 0 Å². The first kappa shape index (κ1) is 12.1. The third-order valence-corrected chi connectivity index (χ3v) is 4.47. The molecular weight excluding hydrogens is 269 g/mol. The van der Waals surface area contributed by atoms with E-state index in [1.54, 1.807) is 6.07 Å². The van der Waals surface area contributed by atoms with Crippen molar-refractivity contribution in [1.29, 1.82) is 0 Å². The van der Waals surface area contributed by atoms with E-state index in [1.807, 2.05) is 12.1 Å². The van der Waals surface area contributed by atoms with Crippen LogP contribution < -0.4 is 5.32 Å². The summed E-state index contributed by atoms with van der Waals surface area (Å²) in [5.74, 6) is -0.190. The molecule has 94 valence electrons. The quantitative estimate of drug-likeness (QED) is 0.914. The van der Waals surface area contributed by atoms with Crippen LogP contribution in [0.1, 0.15) is 18.4 Å². The topological polar surface area (TPSA) is 37.8 Å². The lowest BCUT2D eigenvalue weighted by molar-refractivity contribution is 0.595. The molecule has 0 spiro atoms. The van der Waals surface area contributed by atoms with Gasteiger partial charge in [0.1, 0.15) is 12.1 Å². The summed E-state index contributed by atoms with van der Waals surface area (Å²) in [5, 5.41) is 3.37. The van der Waals surface area contributed by atoms with Crippen molar-refractivity contribution < 1.29 is 4.39 Å². The van der Waals surface area contributed by atoms with Crippen molar-refractivity contribution >= 4 is 23.3 Å². The molecule has 1 aromatic heterocycles. The lowest BCUT2D eigenvalue weighted by Gasteiger charge is -2.05. The van der Waals surface area contributed by atoms with Crippen LogP contribution in [0.5, 0.6) is 0 Å². The molecule has 0 unspecified atom stereocenters. The van der Waals surface area contributed by atoms with Gasteiger partial charge in [-0.3, -0.25) is 0 Å². The molecule has 0 atom stereocenters. The second-order valence-corrected chi connectivity index (χ2v) is 6.30. The fourth-order valence-corrected chi connectivity index (χ4v) is 3.00. The number of hydrogen-bond donors (Lipinski definition) is 1. The normalized spacial score (nSPS) is 14.9. The number of rotatable bonds is 5. The Bertz CT molecular complexity index is 526. The van der Waals surface area contributed by atoms with Crippen molar-refractivity contribution in [2.75, 3.05) is 0 Å². The molecule has 0 aliphatic heterocycles. The Hall–Kier alpha value is -0.980. The molecule has 2 aromatic rings. The SMILES string of the molecule is Fc1cc(CNC2CC2)ccc1Sc1ncns1. The fraction of sp³-hybridized carbons (Fsp3) is 0.333. The molecule has 3 nitrogen and oxygen atoms in total. The van der Waals surface area contributed by atoms with E-state index >= 15 is 0 Å². The van der Waals surface area contributed by atoms with Crippen LogP contribution in [0.25, 0.3) is 0 Å². The minimum absolute atomic E-state index is 0.190. The zero-order valence-corrected chi connectivity index (χ0v) is 11.2. The number of nitrogens with one attached hydrogen (secondary N) is 1. The maximum atomic E-state index is 13.9. The van der Waals surface area contributed by atoms with Gasteiger partial charge in [-0.15, -0.1) is 0 Å².